The van der Waals surface area contributed by atoms with Gasteiger partial charge in [-0.25, -0.2) is 8.42 Å². The van der Waals surface area contributed by atoms with Gasteiger partial charge >= 0.3 is 0 Å². The van der Waals surface area contributed by atoms with Crippen molar-refractivity contribution in [1.29, 1.82) is 0 Å². The lowest BCUT2D eigenvalue weighted by Crippen LogP contribution is -2.38. The molecule has 1 aromatic rings. The van der Waals surface area contributed by atoms with Crippen molar-refractivity contribution < 1.29 is 18.3 Å². The van der Waals surface area contributed by atoms with Crippen LogP contribution in [0.25, 0.3) is 0 Å². The monoisotopic (exact) mass is 296 g/mol. The molecule has 20 heavy (non-hydrogen) atoms. The van der Waals surface area contributed by atoms with Crippen LogP contribution in [0.2, 0.25) is 0 Å². The number of aliphatic hydroxyl groups excluding tert-OH is 1. The molecule has 0 bridgehead atoms. The van der Waals surface area contributed by atoms with E-state index in [0.29, 0.717) is 0 Å². The van der Waals surface area contributed by atoms with Gasteiger partial charge in [-0.1, -0.05) is 30.9 Å². The molecule has 1 amide bonds. The van der Waals surface area contributed by atoms with E-state index in [2.05, 4.69) is 11.8 Å². The summed E-state index contributed by atoms with van der Waals surface area (Å²) >= 11 is 0. The number of aliphatic hydroxyl groups is 1. The Balaban J connectivity index is 3.30. The Bertz CT molecular complexity index is 644. The Morgan fingerprint density at radius 2 is 2.05 bits per heavy atom. The van der Waals surface area contributed by atoms with Crippen LogP contribution in [-0.4, -0.2) is 43.4 Å². The van der Waals surface area contributed by atoms with Crippen molar-refractivity contribution in [3.63, 3.8) is 0 Å². The van der Waals surface area contributed by atoms with E-state index in [1.54, 1.807) is 19.1 Å². The number of amides is 1. The number of carbonyl (C=O) groups is 1. The maximum atomic E-state index is 12.5. The molecule has 0 spiro atoms. The van der Waals surface area contributed by atoms with Crippen LogP contribution in [0.3, 0.4) is 0 Å². The Morgan fingerprint density at radius 1 is 1.40 bits per heavy atom. The minimum absolute atomic E-state index is 0.0101. The molecule has 0 atom stereocenters. The second-order valence-corrected chi connectivity index (χ2v) is 5.76. The molecule has 0 aromatic heterocycles. The first-order valence-corrected chi connectivity index (χ1v) is 7.34. The van der Waals surface area contributed by atoms with Gasteiger partial charge in [0.25, 0.3) is 0 Å². The second kappa shape index (κ2) is 7.05. The highest BCUT2D eigenvalue weighted by molar-refractivity contribution is 7.89. The Labute approximate surface area is 118 Å². The van der Waals surface area contributed by atoms with Gasteiger partial charge in [-0.3, -0.25) is 4.79 Å². The molecule has 1 aromatic carbocycles. The Morgan fingerprint density at radius 3 is 2.60 bits per heavy atom. The Hall–Kier alpha value is -1.88. The third-order valence-electron chi connectivity index (χ3n) is 2.49. The standard InChI is InChI=1S/C13H16N2O4S/c1-2-15(10-13(14)17)20(18,19)12-8-4-3-6-11(12)7-5-9-16/h3-4,6,8,16H,2,9-10H2,1H3,(H2,14,17). The maximum Gasteiger partial charge on any atom is 0.244 e. The largest absolute Gasteiger partial charge is 0.384 e. The molecule has 0 aliphatic carbocycles. The third-order valence-corrected chi connectivity index (χ3v) is 4.47. The first-order valence-electron chi connectivity index (χ1n) is 5.90. The van der Waals surface area contributed by atoms with Gasteiger partial charge in [-0.2, -0.15) is 4.31 Å². The van der Waals surface area contributed by atoms with E-state index in [-0.39, 0.29) is 30.2 Å². The van der Waals surface area contributed by atoms with Gasteiger partial charge in [-0.15, -0.1) is 0 Å². The van der Waals surface area contributed by atoms with Crippen molar-refractivity contribution in [3.05, 3.63) is 29.8 Å². The molecule has 0 aliphatic rings. The van der Waals surface area contributed by atoms with Crippen LogP contribution in [0, 0.1) is 11.8 Å². The van der Waals surface area contributed by atoms with Crippen LogP contribution in [0.15, 0.2) is 29.2 Å². The van der Waals surface area contributed by atoms with Crippen LogP contribution in [0.5, 0.6) is 0 Å². The quantitative estimate of drug-likeness (QED) is 0.717. The fourth-order valence-corrected chi connectivity index (χ4v) is 3.17. The van der Waals surface area contributed by atoms with Crippen molar-refractivity contribution in [1.82, 2.24) is 4.31 Å². The molecule has 0 saturated heterocycles. The highest BCUT2D eigenvalue weighted by atomic mass is 32.2. The second-order valence-electron chi connectivity index (χ2n) is 3.85. The smallest absolute Gasteiger partial charge is 0.244 e. The van der Waals surface area contributed by atoms with E-state index in [4.69, 9.17) is 10.8 Å². The molecule has 0 unspecified atom stereocenters. The summed E-state index contributed by atoms with van der Waals surface area (Å²) in [5, 5.41) is 8.70. The molecule has 0 radical (unpaired) electrons. The normalized spacial score (nSPS) is 10.9. The van der Waals surface area contributed by atoms with Gasteiger partial charge in [0, 0.05) is 12.1 Å². The van der Waals surface area contributed by atoms with Crippen molar-refractivity contribution in [2.45, 2.75) is 11.8 Å². The number of hydrogen-bond donors (Lipinski definition) is 2. The third kappa shape index (κ3) is 3.81. The fourth-order valence-electron chi connectivity index (χ4n) is 1.61. The predicted molar refractivity (Wildman–Crippen MR) is 74.0 cm³/mol. The number of primary amides is 1. The van der Waals surface area contributed by atoms with E-state index in [1.165, 1.54) is 12.1 Å². The predicted octanol–water partition coefficient (Wildman–Crippen LogP) is -0.474. The van der Waals surface area contributed by atoms with Crippen LogP contribution < -0.4 is 5.73 Å². The van der Waals surface area contributed by atoms with Crippen LogP contribution >= 0.6 is 0 Å². The number of benzene rings is 1. The SMILES string of the molecule is CCN(CC(N)=O)S(=O)(=O)c1ccccc1C#CCO. The van der Waals surface area contributed by atoms with Gasteiger partial charge in [0.2, 0.25) is 15.9 Å². The summed E-state index contributed by atoms with van der Waals surface area (Å²) in [4.78, 5) is 10.9. The maximum absolute atomic E-state index is 12.5. The zero-order chi connectivity index (χ0) is 15.2. The summed E-state index contributed by atoms with van der Waals surface area (Å²) in [5.41, 5.74) is 5.32. The number of nitrogens with zero attached hydrogens (tertiary/aromatic N) is 1. The summed E-state index contributed by atoms with van der Waals surface area (Å²) in [5.74, 6) is 4.26. The molecule has 1 rings (SSSR count). The molecule has 3 N–H and O–H groups in total. The first kappa shape index (κ1) is 16.2. The molecule has 7 heteroatoms. The van der Waals surface area contributed by atoms with E-state index >= 15 is 0 Å². The zero-order valence-electron chi connectivity index (χ0n) is 11.0. The lowest BCUT2D eigenvalue weighted by molar-refractivity contribution is -0.118. The number of carbonyl (C=O) groups excluding carboxylic acids is 1. The van der Waals surface area contributed by atoms with Gasteiger partial charge < -0.3 is 10.8 Å². The minimum Gasteiger partial charge on any atom is -0.384 e. The van der Waals surface area contributed by atoms with Crippen molar-refractivity contribution in [3.8, 4) is 11.8 Å². The van der Waals surface area contributed by atoms with E-state index in [0.717, 1.165) is 4.31 Å². The van der Waals surface area contributed by atoms with E-state index in [9.17, 15) is 13.2 Å². The number of rotatable bonds is 5. The van der Waals surface area contributed by atoms with Crippen molar-refractivity contribution in [2.24, 2.45) is 5.73 Å². The average Bonchev–Trinajstić information content (AvgIpc) is 2.42. The first-order chi connectivity index (χ1) is 9.43. The van der Waals surface area contributed by atoms with Crippen molar-refractivity contribution in [2.75, 3.05) is 19.7 Å². The van der Waals surface area contributed by atoms with E-state index in [1.807, 2.05) is 0 Å². The summed E-state index contributed by atoms with van der Waals surface area (Å²) in [6.07, 6.45) is 0. The summed E-state index contributed by atoms with van der Waals surface area (Å²) in [7, 11) is -3.86. The van der Waals surface area contributed by atoms with Gasteiger partial charge in [0.05, 0.1) is 11.4 Å². The topological polar surface area (TPSA) is 101 Å². The summed E-state index contributed by atoms with van der Waals surface area (Å²) < 4.78 is 25.9. The zero-order valence-corrected chi connectivity index (χ0v) is 11.9. The molecule has 0 heterocycles. The van der Waals surface area contributed by atoms with E-state index < -0.39 is 15.9 Å². The summed E-state index contributed by atoms with van der Waals surface area (Å²) in [6.45, 7) is 0.975. The fraction of sp³-hybridized carbons (Fsp3) is 0.308. The van der Waals surface area contributed by atoms with Crippen LogP contribution in [0.4, 0.5) is 0 Å². The van der Waals surface area contributed by atoms with Crippen LogP contribution in [-0.2, 0) is 14.8 Å². The number of hydrogen-bond acceptors (Lipinski definition) is 4. The average molecular weight is 296 g/mol. The lowest BCUT2D eigenvalue weighted by atomic mass is 10.2. The van der Waals surface area contributed by atoms with Crippen LogP contribution in [0.1, 0.15) is 12.5 Å². The molecular formula is C13H16N2O4S. The molecule has 0 aliphatic heterocycles. The van der Waals surface area contributed by atoms with Crippen molar-refractivity contribution >= 4 is 15.9 Å². The highest BCUT2D eigenvalue weighted by Crippen LogP contribution is 2.19. The van der Waals surface area contributed by atoms with Gasteiger partial charge in [-0.05, 0) is 12.1 Å². The molecule has 0 fully saturated rings. The number of likely N-dealkylation sites (N-methyl/N-ethyl adjacent to an activating group) is 1. The molecule has 0 saturated carbocycles. The molecular weight excluding hydrogens is 280 g/mol. The van der Waals surface area contributed by atoms with Gasteiger partial charge in [0.15, 0.2) is 0 Å². The molecule has 6 nitrogen and oxygen atoms in total. The number of sulfonamides is 1. The molecule has 108 valence electrons. The summed E-state index contributed by atoms with van der Waals surface area (Å²) in [6, 6.07) is 6.15. The Kier molecular flexibility index (Phi) is 5.70. The number of nitrogens with two attached hydrogens (primary N) is 1. The van der Waals surface area contributed by atoms with Gasteiger partial charge in [0.1, 0.15) is 6.61 Å². The highest BCUT2D eigenvalue weighted by Gasteiger charge is 2.26. The lowest BCUT2D eigenvalue weighted by Gasteiger charge is -2.19. The minimum atomic E-state index is -3.86.